The number of rotatable bonds is 3. The summed E-state index contributed by atoms with van der Waals surface area (Å²) in [6.45, 7) is 5.77. The summed E-state index contributed by atoms with van der Waals surface area (Å²) in [6, 6.07) is 0. The molecule has 0 spiro atoms. The molecule has 1 rings (SSSR count). The first-order valence-electron chi connectivity index (χ1n) is 4.38. The maximum atomic E-state index is 11.4. The fourth-order valence-corrected chi connectivity index (χ4v) is 0.843. The molecule has 1 aromatic heterocycles. The molecule has 14 heavy (non-hydrogen) atoms. The minimum atomic E-state index is -0.433. The molecule has 1 aromatic rings. The third kappa shape index (κ3) is 3.18. The van der Waals surface area contributed by atoms with E-state index in [2.05, 4.69) is 10.3 Å². The molecule has 0 aromatic carbocycles. The van der Waals surface area contributed by atoms with Crippen LogP contribution in [0.3, 0.4) is 0 Å². The van der Waals surface area contributed by atoms with Crippen molar-refractivity contribution in [3.05, 3.63) is 17.8 Å². The fraction of sp³-hybridized carbons (Fsp3) is 0.556. The van der Waals surface area contributed by atoms with Gasteiger partial charge in [0.15, 0.2) is 0 Å². The van der Waals surface area contributed by atoms with Crippen LogP contribution >= 0.6 is 0 Å². The number of carbonyl (C=O) groups is 1. The average Bonchev–Trinajstić information content (AvgIpc) is 2.46. The molecule has 0 unspecified atom stereocenters. The lowest BCUT2D eigenvalue weighted by atomic mass is 10.1. The summed E-state index contributed by atoms with van der Waals surface area (Å²) in [6.07, 6.45) is 1.50. The fourth-order valence-electron chi connectivity index (χ4n) is 0.843. The van der Waals surface area contributed by atoms with Crippen molar-refractivity contribution in [3.8, 4) is 0 Å². The van der Waals surface area contributed by atoms with Crippen LogP contribution in [0, 0.1) is 6.92 Å². The van der Waals surface area contributed by atoms with Gasteiger partial charge < -0.3 is 15.5 Å². The lowest BCUT2D eigenvalue weighted by Gasteiger charge is -2.17. The molecule has 1 amide bonds. The molecule has 5 heteroatoms. The van der Waals surface area contributed by atoms with Gasteiger partial charge in [-0.05, 0) is 20.8 Å². The largest absolute Gasteiger partial charge is 0.438 e. The van der Waals surface area contributed by atoms with E-state index in [1.807, 2.05) is 13.8 Å². The Kier molecular flexibility index (Phi) is 2.90. The SMILES string of the molecule is Cc1cnc(C(=O)NCC(C)(C)N)o1. The summed E-state index contributed by atoms with van der Waals surface area (Å²) in [7, 11) is 0. The number of oxazole rings is 1. The third-order valence-electron chi connectivity index (χ3n) is 1.52. The Morgan fingerprint density at radius 1 is 1.71 bits per heavy atom. The molecule has 1 heterocycles. The first kappa shape index (κ1) is 10.7. The van der Waals surface area contributed by atoms with Gasteiger partial charge in [-0.2, -0.15) is 0 Å². The van der Waals surface area contributed by atoms with Crippen molar-refractivity contribution in [2.24, 2.45) is 5.73 Å². The van der Waals surface area contributed by atoms with Crippen molar-refractivity contribution in [1.82, 2.24) is 10.3 Å². The zero-order chi connectivity index (χ0) is 10.8. The molecule has 0 atom stereocenters. The molecule has 0 saturated heterocycles. The van der Waals surface area contributed by atoms with Gasteiger partial charge in [0.05, 0.1) is 6.20 Å². The number of aromatic nitrogens is 1. The van der Waals surface area contributed by atoms with Crippen LogP contribution in [0.25, 0.3) is 0 Å². The van der Waals surface area contributed by atoms with E-state index in [1.165, 1.54) is 6.20 Å². The molecule has 78 valence electrons. The Hall–Kier alpha value is -1.36. The van der Waals surface area contributed by atoms with Crippen molar-refractivity contribution < 1.29 is 9.21 Å². The zero-order valence-electron chi connectivity index (χ0n) is 8.63. The van der Waals surface area contributed by atoms with Crippen LogP contribution in [0.2, 0.25) is 0 Å². The number of hydrogen-bond acceptors (Lipinski definition) is 4. The van der Waals surface area contributed by atoms with Crippen LogP contribution in [0.15, 0.2) is 10.6 Å². The highest BCUT2D eigenvalue weighted by molar-refractivity contribution is 5.89. The lowest BCUT2D eigenvalue weighted by molar-refractivity contribution is 0.0910. The van der Waals surface area contributed by atoms with Gasteiger partial charge in [-0.3, -0.25) is 4.79 Å². The topological polar surface area (TPSA) is 81.2 Å². The van der Waals surface area contributed by atoms with E-state index in [0.29, 0.717) is 12.3 Å². The van der Waals surface area contributed by atoms with E-state index < -0.39 is 5.54 Å². The molecular formula is C9H15N3O2. The standard InChI is InChI=1S/C9H15N3O2/c1-6-4-11-8(14-6)7(13)12-5-9(2,3)10/h4H,5,10H2,1-3H3,(H,12,13). The van der Waals surface area contributed by atoms with Gasteiger partial charge in [-0.25, -0.2) is 4.98 Å². The van der Waals surface area contributed by atoms with Gasteiger partial charge in [-0.1, -0.05) is 0 Å². The second kappa shape index (κ2) is 3.79. The molecule has 0 aliphatic heterocycles. The van der Waals surface area contributed by atoms with Gasteiger partial charge in [0.25, 0.3) is 5.89 Å². The molecule has 0 aliphatic rings. The highest BCUT2D eigenvalue weighted by atomic mass is 16.4. The zero-order valence-corrected chi connectivity index (χ0v) is 8.63. The molecule has 0 bridgehead atoms. The van der Waals surface area contributed by atoms with Crippen molar-refractivity contribution in [3.63, 3.8) is 0 Å². The number of carbonyl (C=O) groups excluding carboxylic acids is 1. The van der Waals surface area contributed by atoms with E-state index in [1.54, 1.807) is 6.92 Å². The molecular weight excluding hydrogens is 182 g/mol. The Labute approximate surface area is 82.7 Å². The smallest absolute Gasteiger partial charge is 0.307 e. The molecule has 3 N–H and O–H groups in total. The Morgan fingerprint density at radius 3 is 2.79 bits per heavy atom. The summed E-state index contributed by atoms with van der Waals surface area (Å²) in [5, 5.41) is 2.63. The second-order valence-electron chi connectivity index (χ2n) is 3.95. The van der Waals surface area contributed by atoms with Crippen molar-refractivity contribution in [2.45, 2.75) is 26.3 Å². The molecule has 0 saturated carbocycles. The van der Waals surface area contributed by atoms with E-state index >= 15 is 0 Å². The monoisotopic (exact) mass is 197 g/mol. The predicted octanol–water partition coefficient (Wildman–Crippen LogP) is 0.450. The lowest BCUT2D eigenvalue weighted by Crippen LogP contribution is -2.45. The van der Waals surface area contributed by atoms with Gasteiger partial charge in [0.1, 0.15) is 5.76 Å². The molecule has 0 radical (unpaired) electrons. The summed E-state index contributed by atoms with van der Waals surface area (Å²) in [4.78, 5) is 15.2. The van der Waals surface area contributed by atoms with E-state index in [9.17, 15) is 4.79 Å². The summed E-state index contributed by atoms with van der Waals surface area (Å²) in [5.74, 6) is 0.352. The second-order valence-corrected chi connectivity index (χ2v) is 3.95. The number of amides is 1. The molecule has 5 nitrogen and oxygen atoms in total. The number of nitrogens with two attached hydrogens (primary N) is 1. The predicted molar refractivity (Wildman–Crippen MR) is 51.8 cm³/mol. The van der Waals surface area contributed by atoms with E-state index in [-0.39, 0.29) is 11.8 Å². The minimum Gasteiger partial charge on any atom is -0.438 e. The first-order valence-corrected chi connectivity index (χ1v) is 4.38. The summed E-state index contributed by atoms with van der Waals surface area (Å²) >= 11 is 0. The quantitative estimate of drug-likeness (QED) is 0.737. The van der Waals surface area contributed by atoms with Crippen LogP contribution in [0.5, 0.6) is 0 Å². The summed E-state index contributed by atoms with van der Waals surface area (Å²) in [5.41, 5.74) is 5.27. The first-order chi connectivity index (χ1) is 6.38. The Balaban J connectivity index is 2.52. The van der Waals surface area contributed by atoms with E-state index in [0.717, 1.165) is 0 Å². The van der Waals surface area contributed by atoms with Gasteiger partial charge in [0, 0.05) is 12.1 Å². The number of hydrogen-bond donors (Lipinski definition) is 2. The highest BCUT2D eigenvalue weighted by Crippen LogP contribution is 2.01. The number of nitrogens with zero attached hydrogens (tertiary/aromatic N) is 1. The van der Waals surface area contributed by atoms with E-state index in [4.69, 9.17) is 10.2 Å². The minimum absolute atomic E-state index is 0.0757. The van der Waals surface area contributed by atoms with Gasteiger partial charge >= 0.3 is 5.91 Å². The van der Waals surface area contributed by atoms with Crippen molar-refractivity contribution in [2.75, 3.05) is 6.54 Å². The maximum Gasteiger partial charge on any atom is 0.307 e. The van der Waals surface area contributed by atoms with Gasteiger partial charge in [-0.15, -0.1) is 0 Å². The Morgan fingerprint density at radius 2 is 2.36 bits per heavy atom. The average molecular weight is 197 g/mol. The molecule has 0 fully saturated rings. The normalized spacial score (nSPS) is 11.4. The van der Waals surface area contributed by atoms with Crippen LogP contribution in [-0.4, -0.2) is 23.0 Å². The number of nitrogens with one attached hydrogen (secondary N) is 1. The van der Waals surface area contributed by atoms with Crippen LogP contribution in [-0.2, 0) is 0 Å². The summed E-state index contributed by atoms with van der Waals surface area (Å²) < 4.78 is 5.05. The third-order valence-corrected chi connectivity index (χ3v) is 1.52. The van der Waals surface area contributed by atoms with Crippen LogP contribution in [0.1, 0.15) is 30.3 Å². The Bertz CT molecular complexity index is 325. The number of aryl methyl sites for hydroxylation is 1. The molecule has 0 aliphatic carbocycles. The highest BCUT2D eigenvalue weighted by Gasteiger charge is 2.16. The van der Waals surface area contributed by atoms with Crippen LogP contribution < -0.4 is 11.1 Å². The van der Waals surface area contributed by atoms with Crippen LogP contribution in [0.4, 0.5) is 0 Å². The maximum absolute atomic E-state index is 11.4. The van der Waals surface area contributed by atoms with Crippen molar-refractivity contribution >= 4 is 5.91 Å². The van der Waals surface area contributed by atoms with Gasteiger partial charge in [0.2, 0.25) is 0 Å². The van der Waals surface area contributed by atoms with Crippen molar-refractivity contribution in [1.29, 1.82) is 0 Å².